The van der Waals surface area contributed by atoms with Crippen LogP contribution in [0.4, 0.5) is 8.78 Å². The number of carboxylic acid groups (broad SMARTS) is 1. The number of carbonyl (C=O) groups is 2. The van der Waals surface area contributed by atoms with Crippen molar-refractivity contribution in [2.24, 2.45) is 0 Å². The molecule has 0 radical (unpaired) electrons. The van der Waals surface area contributed by atoms with Gasteiger partial charge in [0.2, 0.25) is 5.91 Å². The SMILES string of the molecule is CCNC1C(F)[C@](F)(C(=O)O)OC([C@H](O)[C@H](O)CO)[C@@H]1NC(C)=O. The van der Waals surface area contributed by atoms with Crippen molar-refractivity contribution in [3.8, 4) is 0 Å². The lowest BCUT2D eigenvalue weighted by Gasteiger charge is -2.47. The third-order valence-electron chi connectivity index (χ3n) is 3.74. The highest BCUT2D eigenvalue weighted by atomic mass is 19.2. The van der Waals surface area contributed by atoms with E-state index < -0.39 is 60.9 Å². The predicted molar refractivity (Wildman–Crippen MR) is 75.4 cm³/mol. The van der Waals surface area contributed by atoms with Gasteiger partial charge in [-0.1, -0.05) is 6.92 Å². The second-order valence-electron chi connectivity index (χ2n) is 5.48. The molecule has 7 atom stereocenters. The van der Waals surface area contributed by atoms with E-state index in [1.54, 1.807) is 6.92 Å². The van der Waals surface area contributed by atoms with Crippen LogP contribution < -0.4 is 10.6 Å². The van der Waals surface area contributed by atoms with Crippen molar-refractivity contribution < 1.29 is 43.5 Å². The zero-order chi connectivity index (χ0) is 18.7. The number of carbonyl (C=O) groups excluding carboxylic acids is 1. The Morgan fingerprint density at radius 3 is 2.33 bits per heavy atom. The summed E-state index contributed by atoms with van der Waals surface area (Å²) in [6.45, 7) is 1.78. The lowest BCUT2D eigenvalue weighted by atomic mass is 9.86. The van der Waals surface area contributed by atoms with Crippen molar-refractivity contribution in [3.05, 3.63) is 0 Å². The molecule has 1 aliphatic heterocycles. The molecular formula is C13H22F2N2O7. The van der Waals surface area contributed by atoms with Crippen LogP contribution in [-0.4, -0.2) is 87.9 Å². The minimum absolute atomic E-state index is 0.0994. The highest BCUT2D eigenvalue weighted by Crippen LogP contribution is 2.35. The largest absolute Gasteiger partial charge is 0.477 e. The lowest BCUT2D eigenvalue weighted by Crippen LogP contribution is -2.74. The zero-order valence-electron chi connectivity index (χ0n) is 13.1. The van der Waals surface area contributed by atoms with Gasteiger partial charge in [-0.15, -0.1) is 0 Å². The minimum Gasteiger partial charge on any atom is -0.477 e. The number of likely N-dealkylation sites (N-methyl/N-ethyl adjacent to an activating group) is 1. The molecular weight excluding hydrogens is 334 g/mol. The molecule has 140 valence electrons. The van der Waals surface area contributed by atoms with Crippen molar-refractivity contribution >= 4 is 11.9 Å². The van der Waals surface area contributed by atoms with Gasteiger partial charge in [-0.05, 0) is 6.54 Å². The molecule has 1 heterocycles. The Bertz CT molecular complexity index is 470. The van der Waals surface area contributed by atoms with E-state index in [-0.39, 0.29) is 6.54 Å². The van der Waals surface area contributed by atoms with Gasteiger partial charge in [0.25, 0.3) is 0 Å². The van der Waals surface area contributed by atoms with Crippen LogP contribution in [0.5, 0.6) is 0 Å². The maximum atomic E-state index is 14.5. The first-order valence-corrected chi connectivity index (χ1v) is 7.31. The van der Waals surface area contributed by atoms with Crippen LogP contribution in [0.15, 0.2) is 0 Å². The summed E-state index contributed by atoms with van der Waals surface area (Å²) in [5.41, 5.74) is 0. The first kappa shape index (κ1) is 20.6. The van der Waals surface area contributed by atoms with E-state index in [2.05, 4.69) is 15.4 Å². The van der Waals surface area contributed by atoms with Gasteiger partial charge in [0.1, 0.15) is 18.3 Å². The number of aliphatic hydroxyl groups excluding tert-OH is 3. The van der Waals surface area contributed by atoms with Gasteiger partial charge in [-0.2, -0.15) is 4.39 Å². The highest BCUT2D eigenvalue weighted by Gasteiger charge is 2.62. The molecule has 11 heteroatoms. The number of rotatable bonds is 7. The van der Waals surface area contributed by atoms with Gasteiger partial charge in [0, 0.05) is 6.92 Å². The summed E-state index contributed by atoms with van der Waals surface area (Å²) in [6.07, 6.45) is -8.33. The summed E-state index contributed by atoms with van der Waals surface area (Å²) in [7, 11) is 0. The molecule has 1 aliphatic rings. The van der Waals surface area contributed by atoms with Crippen molar-refractivity contribution in [2.75, 3.05) is 13.2 Å². The molecule has 0 aromatic carbocycles. The summed E-state index contributed by atoms with van der Waals surface area (Å²) in [4.78, 5) is 22.5. The molecule has 24 heavy (non-hydrogen) atoms. The second-order valence-corrected chi connectivity index (χ2v) is 5.48. The Kier molecular flexibility index (Phi) is 6.98. The van der Waals surface area contributed by atoms with Crippen molar-refractivity contribution in [1.29, 1.82) is 0 Å². The van der Waals surface area contributed by atoms with E-state index in [9.17, 15) is 28.6 Å². The Labute approximate surface area is 136 Å². The number of ether oxygens (including phenoxy) is 1. The molecule has 0 aromatic rings. The monoisotopic (exact) mass is 356 g/mol. The molecule has 0 spiro atoms. The standard InChI is InChI=1S/C13H22F2N2O7/c1-3-16-8-7(17-5(2)19)10(9(21)6(20)4-18)24-13(15,11(8)14)12(22)23/h6-11,16,18,20-21H,3-4H2,1-2H3,(H,17,19)(H,22,23)/t6-,7-,8?,9-,10?,11?,13-/m1/s1. The number of carboxylic acids is 1. The average molecular weight is 356 g/mol. The summed E-state index contributed by atoms with van der Waals surface area (Å²) >= 11 is 0. The van der Waals surface area contributed by atoms with Gasteiger partial charge in [-0.25, -0.2) is 9.18 Å². The Hall–Kier alpha value is -1.40. The maximum absolute atomic E-state index is 14.5. The average Bonchev–Trinajstić information content (AvgIpc) is 2.52. The fourth-order valence-electron chi connectivity index (χ4n) is 2.60. The zero-order valence-corrected chi connectivity index (χ0v) is 13.1. The van der Waals surface area contributed by atoms with Crippen LogP contribution >= 0.6 is 0 Å². The lowest BCUT2D eigenvalue weighted by molar-refractivity contribution is -0.278. The van der Waals surface area contributed by atoms with Crippen molar-refractivity contribution in [2.45, 2.75) is 56.3 Å². The molecule has 1 fully saturated rings. The molecule has 3 unspecified atom stereocenters. The van der Waals surface area contributed by atoms with Gasteiger partial charge >= 0.3 is 11.8 Å². The molecule has 0 aliphatic carbocycles. The number of nitrogens with one attached hydrogen (secondary N) is 2. The van der Waals surface area contributed by atoms with Crippen LogP contribution in [-0.2, 0) is 14.3 Å². The molecule has 6 N–H and O–H groups in total. The number of hydrogen-bond donors (Lipinski definition) is 6. The van der Waals surface area contributed by atoms with E-state index in [1.807, 2.05) is 0 Å². The van der Waals surface area contributed by atoms with Crippen LogP contribution in [0.1, 0.15) is 13.8 Å². The second kappa shape index (κ2) is 8.12. The number of amides is 1. The number of alkyl halides is 2. The quantitative estimate of drug-likeness (QED) is 0.298. The summed E-state index contributed by atoms with van der Waals surface area (Å²) in [5.74, 6) is -6.73. The predicted octanol–water partition coefficient (Wildman–Crippen LogP) is -2.33. The van der Waals surface area contributed by atoms with E-state index in [0.717, 1.165) is 6.92 Å². The third kappa shape index (κ3) is 3.98. The van der Waals surface area contributed by atoms with Crippen LogP contribution in [0, 0.1) is 0 Å². The fraction of sp³-hybridized carbons (Fsp3) is 0.846. The van der Waals surface area contributed by atoms with Crippen LogP contribution in [0.25, 0.3) is 0 Å². The number of aliphatic carboxylic acids is 1. The fourth-order valence-corrected chi connectivity index (χ4v) is 2.60. The van der Waals surface area contributed by atoms with Crippen molar-refractivity contribution in [1.82, 2.24) is 10.6 Å². The van der Waals surface area contributed by atoms with Gasteiger partial charge in [0.05, 0.1) is 18.7 Å². The smallest absolute Gasteiger partial charge is 0.372 e. The van der Waals surface area contributed by atoms with Gasteiger partial charge < -0.3 is 35.8 Å². The first-order valence-electron chi connectivity index (χ1n) is 7.31. The molecule has 0 saturated carbocycles. The maximum Gasteiger partial charge on any atom is 0.372 e. The Morgan fingerprint density at radius 2 is 1.92 bits per heavy atom. The third-order valence-corrected chi connectivity index (χ3v) is 3.74. The first-order chi connectivity index (χ1) is 11.1. The topological polar surface area (TPSA) is 148 Å². The normalized spacial score (nSPS) is 36.0. The summed E-state index contributed by atoms with van der Waals surface area (Å²) in [5, 5.41) is 42.2. The van der Waals surface area contributed by atoms with Gasteiger partial charge in [-0.3, -0.25) is 4.79 Å². The van der Waals surface area contributed by atoms with Crippen LogP contribution in [0.2, 0.25) is 0 Å². The van der Waals surface area contributed by atoms with Crippen LogP contribution in [0.3, 0.4) is 0 Å². The molecule has 0 bridgehead atoms. The molecule has 9 nitrogen and oxygen atoms in total. The molecule has 0 aromatic heterocycles. The summed E-state index contributed by atoms with van der Waals surface area (Å²) in [6, 6.07) is -2.95. The Morgan fingerprint density at radius 1 is 1.33 bits per heavy atom. The summed E-state index contributed by atoms with van der Waals surface area (Å²) < 4.78 is 33.6. The van der Waals surface area contributed by atoms with E-state index in [4.69, 9.17) is 10.2 Å². The van der Waals surface area contributed by atoms with E-state index >= 15 is 0 Å². The Balaban J connectivity index is 3.31. The number of halogens is 2. The van der Waals surface area contributed by atoms with E-state index in [1.165, 1.54) is 0 Å². The number of aliphatic hydroxyl groups is 3. The minimum atomic E-state index is -3.80. The molecule has 1 rings (SSSR count). The van der Waals surface area contributed by atoms with Gasteiger partial charge in [0.15, 0.2) is 6.17 Å². The highest BCUT2D eigenvalue weighted by molar-refractivity contribution is 5.77. The van der Waals surface area contributed by atoms with Crippen molar-refractivity contribution in [3.63, 3.8) is 0 Å². The molecule has 1 amide bonds. The number of hydrogen-bond acceptors (Lipinski definition) is 7. The molecule has 1 saturated heterocycles. The van der Waals surface area contributed by atoms with E-state index in [0.29, 0.717) is 0 Å².